The van der Waals surface area contributed by atoms with E-state index < -0.39 is 7.80 Å². The van der Waals surface area contributed by atoms with Crippen molar-refractivity contribution in [2.24, 2.45) is 0 Å². The summed E-state index contributed by atoms with van der Waals surface area (Å²) in [5, 5.41) is 0. The number of carbonyl (C=O) groups is 1. The third-order valence-electron chi connectivity index (χ3n) is 0.949. The smallest absolute Gasteiger partial charge is 0.295 e. The molecule has 0 N–H and O–H groups in total. The molecule has 0 fully saturated rings. The summed E-state index contributed by atoms with van der Waals surface area (Å²) in [5.74, 6) is 1.70. The van der Waals surface area contributed by atoms with Crippen LogP contribution in [0.1, 0.15) is 6.42 Å². The third kappa shape index (κ3) is 1.24. The lowest BCUT2D eigenvalue weighted by molar-refractivity contribution is -0.115. The summed E-state index contributed by atoms with van der Waals surface area (Å²) in [4.78, 5) is 10.4. The second kappa shape index (κ2) is 2.19. The fourth-order valence-corrected chi connectivity index (χ4v) is 1.52. The van der Waals surface area contributed by atoms with Gasteiger partial charge in [-0.05, 0) is 6.08 Å². The summed E-state index contributed by atoms with van der Waals surface area (Å²) in [6.45, 7) is 0. The number of Topliss-reactive ketones (excluding diaryl/α,β-unsaturated/α-hetero) is 1. The molecular formula is C5H6O2P+. The minimum atomic E-state index is -1.31. The third-order valence-corrected chi connectivity index (χ3v) is 2.16. The van der Waals surface area contributed by atoms with E-state index in [2.05, 4.69) is 0 Å². The van der Waals surface area contributed by atoms with E-state index >= 15 is 0 Å². The molecular weight excluding hydrogens is 123 g/mol. The Kier molecular flexibility index (Phi) is 1.54. The van der Waals surface area contributed by atoms with Gasteiger partial charge in [-0.3, -0.25) is 4.79 Å². The van der Waals surface area contributed by atoms with Crippen LogP contribution in [-0.2, 0) is 9.36 Å². The van der Waals surface area contributed by atoms with Crippen LogP contribution in [0.3, 0.4) is 0 Å². The molecule has 1 atom stereocenters. The maximum Gasteiger partial charge on any atom is 0.376 e. The molecule has 0 aromatic heterocycles. The van der Waals surface area contributed by atoms with E-state index in [-0.39, 0.29) is 11.9 Å². The highest BCUT2D eigenvalue weighted by Crippen LogP contribution is 2.26. The Hall–Kier alpha value is -0.490. The Bertz CT molecular complexity index is 160. The van der Waals surface area contributed by atoms with Gasteiger partial charge >= 0.3 is 7.80 Å². The normalized spacial score (nSPS) is 24.0. The average Bonchev–Trinajstić information content (AvgIpc) is 1.64. The van der Waals surface area contributed by atoms with E-state index in [0.29, 0.717) is 6.42 Å². The van der Waals surface area contributed by atoms with Crippen LogP contribution >= 0.6 is 7.80 Å². The monoisotopic (exact) mass is 129 g/mol. The van der Waals surface area contributed by atoms with E-state index in [0.717, 1.165) is 0 Å². The summed E-state index contributed by atoms with van der Waals surface area (Å²) < 4.78 is 10.5. The van der Waals surface area contributed by atoms with Gasteiger partial charge in [0.25, 0.3) is 0 Å². The molecule has 3 heteroatoms. The second-order valence-electron chi connectivity index (χ2n) is 1.70. The number of ketones is 1. The van der Waals surface area contributed by atoms with Gasteiger partial charge in [0.2, 0.25) is 6.16 Å². The standard InChI is InChI=1S/C5H6O2P/c6-5-2-1-3-8(7)4-5/h1,3H,2,4H2/q+1. The van der Waals surface area contributed by atoms with Gasteiger partial charge in [0.05, 0.1) is 0 Å². The van der Waals surface area contributed by atoms with Crippen molar-refractivity contribution >= 4 is 13.6 Å². The van der Waals surface area contributed by atoms with Crippen LogP contribution in [0.2, 0.25) is 0 Å². The van der Waals surface area contributed by atoms with Crippen LogP contribution in [0.25, 0.3) is 0 Å². The maximum atomic E-state index is 10.5. The molecule has 0 saturated carbocycles. The molecule has 0 aromatic carbocycles. The Labute approximate surface area is 48.4 Å². The van der Waals surface area contributed by atoms with Crippen LogP contribution in [-0.4, -0.2) is 11.9 Å². The Morgan fingerprint density at radius 1 is 1.62 bits per heavy atom. The summed E-state index contributed by atoms with van der Waals surface area (Å²) >= 11 is 0. The first-order valence-electron chi connectivity index (χ1n) is 2.41. The van der Waals surface area contributed by atoms with Crippen molar-refractivity contribution in [3.63, 3.8) is 0 Å². The van der Waals surface area contributed by atoms with Gasteiger partial charge in [-0.2, -0.15) is 0 Å². The van der Waals surface area contributed by atoms with Crippen molar-refractivity contribution in [1.82, 2.24) is 0 Å². The van der Waals surface area contributed by atoms with Crippen molar-refractivity contribution in [3.05, 3.63) is 11.9 Å². The quantitative estimate of drug-likeness (QED) is 0.462. The van der Waals surface area contributed by atoms with Gasteiger partial charge in [-0.1, -0.05) is 4.57 Å². The van der Waals surface area contributed by atoms with E-state index in [1.165, 1.54) is 0 Å². The molecule has 0 amide bonds. The molecule has 0 saturated heterocycles. The number of hydrogen-bond donors (Lipinski definition) is 0. The van der Waals surface area contributed by atoms with Gasteiger partial charge in [0, 0.05) is 6.42 Å². The number of allylic oxidation sites excluding steroid dienone is 1. The lowest BCUT2D eigenvalue weighted by Gasteiger charge is -1.87. The highest BCUT2D eigenvalue weighted by atomic mass is 31.1. The Morgan fingerprint density at radius 2 is 2.38 bits per heavy atom. The topological polar surface area (TPSA) is 34.1 Å². The fourth-order valence-electron chi connectivity index (χ4n) is 0.593. The second-order valence-corrected chi connectivity index (χ2v) is 3.15. The minimum Gasteiger partial charge on any atom is -0.295 e. The van der Waals surface area contributed by atoms with Crippen LogP contribution in [0, 0.1) is 0 Å². The van der Waals surface area contributed by atoms with Crippen molar-refractivity contribution in [3.8, 4) is 0 Å². The first kappa shape index (κ1) is 5.64. The lowest BCUT2D eigenvalue weighted by Crippen LogP contribution is -2.00. The molecule has 0 radical (unpaired) electrons. The zero-order chi connectivity index (χ0) is 5.98. The Balaban J connectivity index is 2.68. The highest BCUT2D eigenvalue weighted by Gasteiger charge is 2.20. The maximum absolute atomic E-state index is 10.5. The van der Waals surface area contributed by atoms with Gasteiger partial charge in [0.15, 0.2) is 11.6 Å². The van der Waals surface area contributed by atoms with Crippen LogP contribution in [0.15, 0.2) is 11.9 Å². The molecule has 1 unspecified atom stereocenters. The first-order chi connectivity index (χ1) is 3.79. The number of carbonyl (C=O) groups excluding carboxylic acids is 1. The van der Waals surface area contributed by atoms with Crippen LogP contribution in [0.5, 0.6) is 0 Å². The minimum absolute atomic E-state index is 0.0913. The summed E-state index contributed by atoms with van der Waals surface area (Å²) in [6, 6.07) is 0. The number of rotatable bonds is 0. The van der Waals surface area contributed by atoms with Crippen molar-refractivity contribution in [2.45, 2.75) is 6.42 Å². The summed E-state index contributed by atoms with van der Waals surface area (Å²) in [7, 11) is -1.31. The highest BCUT2D eigenvalue weighted by molar-refractivity contribution is 7.49. The predicted molar refractivity (Wildman–Crippen MR) is 31.2 cm³/mol. The van der Waals surface area contributed by atoms with E-state index in [1.54, 1.807) is 11.9 Å². The van der Waals surface area contributed by atoms with Gasteiger partial charge < -0.3 is 0 Å². The van der Waals surface area contributed by atoms with Gasteiger partial charge in [0.1, 0.15) is 0 Å². The molecule has 1 aliphatic heterocycles. The molecule has 0 bridgehead atoms. The predicted octanol–water partition coefficient (Wildman–Crippen LogP) is 1.30. The van der Waals surface area contributed by atoms with Crippen molar-refractivity contribution < 1.29 is 9.36 Å². The molecule has 0 aliphatic carbocycles. The van der Waals surface area contributed by atoms with Crippen molar-refractivity contribution in [1.29, 1.82) is 0 Å². The average molecular weight is 129 g/mol. The molecule has 1 rings (SSSR count). The zero-order valence-electron chi connectivity index (χ0n) is 4.33. The SMILES string of the molecule is O=C1CC=C[P+](=O)C1. The zero-order valence-corrected chi connectivity index (χ0v) is 5.23. The van der Waals surface area contributed by atoms with E-state index in [1.807, 2.05) is 0 Å². The molecule has 8 heavy (non-hydrogen) atoms. The lowest BCUT2D eigenvalue weighted by atomic mass is 10.3. The Morgan fingerprint density at radius 3 is 2.75 bits per heavy atom. The summed E-state index contributed by atoms with van der Waals surface area (Å²) in [5.41, 5.74) is 0. The molecule has 2 nitrogen and oxygen atoms in total. The molecule has 0 spiro atoms. The van der Waals surface area contributed by atoms with E-state index in [4.69, 9.17) is 0 Å². The number of hydrogen-bond acceptors (Lipinski definition) is 2. The first-order valence-corrected chi connectivity index (χ1v) is 3.92. The fraction of sp³-hybridized carbons (Fsp3) is 0.400. The molecule has 0 aromatic rings. The van der Waals surface area contributed by atoms with Gasteiger partial charge in [-0.25, -0.2) is 0 Å². The van der Waals surface area contributed by atoms with Crippen LogP contribution < -0.4 is 0 Å². The largest absolute Gasteiger partial charge is 0.376 e. The van der Waals surface area contributed by atoms with Crippen molar-refractivity contribution in [2.75, 3.05) is 6.16 Å². The molecule has 1 aliphatic rings. The van der Waals surface area contributed by atoms with Gasteiger partial charge in [-0.15, -0.1) is 0 Å². The molecule has 42 valence electrons. The molecule has 1 heterocycles. The van der Waals surface area contributed by atoms with Crippen LogP contribution in [0.4, 0.5) is 0 Å². The summed E-state index contributed by atoms with van der Waals surface area (Å²) in [6.07, 6.45) is 2.40. The van der Waals surface area contributed by atoms with E-state index in [9.17, 15) is 9.36 Å².